The summed E-state index contributed by atoms with van der Waals surface area (Å²) < 4.78 is 0. The second kappa shape index (κ2) is 14.4. The summed E-state index contributed by atoms with van der Waals surface area (Å²) >= 11 is 0. The quantitative estimate of drug-likeness (QED) is 0.219. The fourth-order valence-electron chi connectivity index (χ4n) is 7.00. The molecular weight excluding hydrogens is 586 g/mol. The Kier molecular flexibility index (Phi) is 11.0. The van der Waals surface area contributed by atoms with Crippen molar-refractivity contribution in [3.8, 4) is 5.75 Å². The molecule has 0 radical (unpaired) electrons. The summed E-state index contributed by atoms with van der Waals surface area (Å²) in [6, 6.07) is 3.77. The fraction of sp³-hybridized carbons (Fsp3) is 0.686. The predicted molar refractivity (Wildman–Crippen MR) is 174 cm³/mol. The molecule has 11 heteroatoms. The molecule has 4 rings (SSSR count). The predicted octanol–water partition coefficient (Wildman–Crippen LogP) is 3.56. The zero-order chi connectivity index (χ0) is 33.8. The average molecular weight is 640 g/mol. The van der Waals surface area contributed by atoms with Crippen molar-refractivity contribution >= 4 is 29.5 Å². The van der Waals surface area contributed by atoms with Gasteiger partial charge in [0.25, 0.3) is 5.91 Å². The van der Waals surface area contributed by atoms with Gasteiger partial charge in [0.2, 0.25) is 17.6 Å². The van der Waals surface area contributed by atoms with Crippen molar-refractivity contribution in [2.75, 3.05) is 6.54 Å². The first-order valence-electron chi connectivity index (χ1n) is 16.9. The Hall–Kier alpha value is -3.63. The van der Waals surface area contributed by atoms with Crippen molar-refractivity contribution in [1.29, 1.82) is 0 Å². The number of Topliss-reactive ketones (excluding diaryl/α,β-unsaturated/α-hetero) is 1. The maximum absolute atomic E-state index is 14.4. The lowest BCUT2D eigenvalue weighted by Gasteiger charge is -2.40. The molecule has 1 aliphatic heterocycles. The number of likely N-dealkylation sites (tertiary alicyclic amines) is 1. The molecule has 1 heterocycles. The van der Waals surface area contributed by atoms with Crippen LogP contribution in [0.2, 0.25) is 0 Å². The number of primary amides is 1. The van der Waals surface area contributed by atoms with E-state index in [0.29, 0.717) is 25.8 Å². The van der Waals surface area contributed by atoms with Crippen molar-refractivity contribution in [1.82, 2.24) is 20.9 Å². The fourth-order valence-corrected chi connectivity index (χ4v) is 7.00. The Labute approximate surface area is 272 Å². The first kappa shape index (κ1) is 35.2. The number of benzene rings is 1. The van der Waals surface area contributed by atoms with Crippen LogP contribution in [-0.2, 0) is 25.6 Å². The third-order valence-electron chi connectivity index (χ3n) is 10.1. The Morgan fingerprint density at radius 2 is 1.63 bits per heavy atom. The van der Waals surface area contributed by atoms with Gasteiger partial charge in [-0.1, -0.05) is 78.9 Å². The van der Waals surface area contributed by atoms with Gasteiger partial charge < -0.3 is 31.7 Å². The second-order valence-electron chi connectivity index (χ2n) is 15.3. The lowest BCUT2D eigenvalue weighted by Crippen LogP contribution is -2.62. The van der Waals surface area contributed by atoms with Gasteiger partial charge in [0.1, 0.15) is 17.8 Å². The number of carbonyl (C=O) groups excluding carboxylic acids is 5. The van der Waals surface area contributed by atoms with Gasteiger partial charge in [0, 0.05) is 12.1 Å². The number of nitrogens with zero attached hydrogens (tertiary/aromatic N) is 1. The number of phenolic OH excluding ortho intramolecular Hbond substituents is 1. The number of hydrogen-bond donors (Lipinski definition) is 5. The minimum absolute atomic E-state index is 0.0405. The van der Waals surface area contributed by atoms with E-state index in [1.54, 1.807) is 17.0 Å². The number of nitrogens with one attached hydrogen (secondary N) is 3. The summed E-state index contributed by atoms with van der Waals surface area (Å²) in [6.45, 7) is 10.1. The third-order valence-corrected chi connectivity index (χ3v) is 10.1. The van der Waals surface area contributed by atoms with Crippen LogP contribution >= 0.6 is 0 Å². The number of hydrogen-bond acceptors (Lipinski definition) is 6. The smallest absolute Gasteiger partial charge is 0.315 e. The maximum atomic E-state index is 14.4. The van der Waals surface area contributed by atoms with Crippen molar-refractivity contribution in [2.24, 2.45) is 28.9 Å². The van der Waals surface area contributed by atoms with Gasteiger partial charge in [-0.05, 0) is 73.0 Å². The molecular formula is C35H53N5O6. The lowest BCUT2D eigenvalue weighted by atomic mass is 9.77. The van der Waals surface area contributed by atoms with Crippen LogP contribution in [-0.4, -0.2) is 69.8 Å². The van der Waals surface area contributed by atoms with Crippen LogP contribution in [0.1, 0.15) is 98.0 Å². The second-order valence-corrected chi connectivity index (χ2v) is 15.3. The molecule has 6 N–H and O–H groups in total. The van der Waals surface area contributed by atoms with Gasteiger partial charge in [-0.15, -0.1) is 0 Å². The molecule has 3 aliphatic rings. The molecule has 11 nitrogen and oxygen atoms in total. The number of urea groups is 1. The van der Waals surface area contributed by atoms with Crippen molar-refractivity contribution < 1.29 is 29.1 Å². The summed E-state index contributed by atoms with van der Waals surface area (Å²) in [5, 5.41) is 18.7. The largest absolute Gasteiger partial charge is 0.508 e. The normalized spacial score (nSPS) is 22.5. The molecule has 0 bridgehead atoms. The van der Waals surface area contributed by atoms with Gasteiger partial charge in [0.15, 0.2) is 0 Å². The molecule has 2 saturated carbocycles. The highest BCUT2D eigenvalue weighted by Gasteiger charge is 2.47. The van der Waals surface area contributed by atoms with E-state index in [1.807, 2.05) is 46.8 Å². The van der Waals surface area contributed by atoms with Crippen molar-refractivity contribution in [2.45, 2.75) is 122 Å². The maximum Gasteiger partial charge on any atom is 0.315 e. The number of phenols is 1. The van der Waals surface area contributed by atoms with E-state index in [4.69, 9.17) is 5.73 Å². The monoisotopic (exact) mass is 639 g/mol. The summed E-state index contributed by atoms with van der Waals surface area (Å²) in [5.41, 5.74) is 5.13. The van der Waals surface area contributed by atoms with E-state index < -0.39 is 52.7 Å². The highest BCUT2D eigenvalue weighted by molar-refractivity contribution is 6.37. The minimum atomic E-state index is -1.09. The van der Waals surface area contributed by atoms with Crippen LogP contribution in [0, 0.1) is 23.2 Å². The van der Waals surface area contributed by atoms with E-state index in [0.717, 1.165) is 50.5 Å². The Balaban J connectivity index is 1.53. The topological polar surface area (TPSA) is 171 Å². The van der Waals surface area contributed by atoms with E-state index in [-0.39, 0.29) is 29.4 Å². The number of aromatic hydroxyl groups is 1. The first-order valence-corrected chi connectivity index (χ1v) is 16.9. The van der Waals surface area contributed by atoms with Crippen molar-refractivity contribution in [3.63, 3.8) is 0 Å². The number of ketones is 1. The van der Waals surface area contributed by atoms with Gasteiger partial charge >= 0.3 is 6.03 Å². The van der Waals surface area contributed by atoms with Gasteiger partial charge in [-0.2, -0.15) is 0 Å². The standard InChI is InChI=1S/C35H53N5O6/c1-21(2)24-18-27(31(44)37-26(17-22-9-10-22)28(42)30(36)43)40(20-24)32(45)29(34(3,4)5)38-33(46)39-35(15-7-6-8-16-35)19-23-11-13-25(41)14-12-23/h11-14,21-22,24,26-27,29,41H,6-10,15-20H2,1-5H3,(H2,36,43)(H,37,44)(H2,38,39,46)/t24-,26?,27+,29-/m1/s1. The SMILES string of the molecule is CC(C)[C@@H]1C[C@@H](C(=O)NC(CC2CC2)C(=O)C(N)=O)N(C(=O)[C@@H](NC(=O)NC2(Cc3ccc(O)cc3)CCCCC2)C(C)(C)C)C1. The van der Waals surface area contributed by atoms with E-state index >= 15 is 0 Å². The number of nitrogens with two attached hydrogens (primary N) is 1. The molecule has 1 saturated heterocycles. The number of amides is 5. The van der Waals surface area contributed by atoms with Crippen LogP contribution in [0.25, 0.3) is 0 Å². The Bertz CT molecular complexity index is 1280. The summed E-state index contributed by atoms with van der Waals surface area (Å²) in [5.74, 6) is -2.08. The molecule has 1 aromatic carbocycles. The summed E-state index contributed by atoms with van der Waals surface area (Å²) in [6.07, 6.45) is 7.85. The Morgan fingerprint density at radius 1 is 1.00 bits per heavy atom. The molecule has 5 amide bonds. The summed E-state index contributed by atoms with van der Waals surface area (Å²) in [4.78, 5) is 67.7. The molecule has 4 atom stereocenters. The molecule has 0 spiro atoms. The van der Waals surface area contributed by atoms with Crippen LogP contribution in [0.4, 0.5) is 4.79 Å². The van der Waals surface area contributed by atoms with Gasteiger partial charge in [-0.3, -0.25) is 19.2 Å². The van der Waals surface area contributed by atoms with Gasteiger partial charge in [0.05, 0.1) is 6.04 Å². The molecule has 2 aliphatic carbocycles. The third kappa shape index (κ3) is 9.00. The molecule has 46 heavy (non-hydrogen) atoms. The lowest BCUT2D eigenvalue weighted by molar-refractivity contribution is -0.143. The van der Waals surface area contributed by atoms with Crippen LogP contribution in [0.15, 0.2) is 24.3 Å². The number of carbonyl (C=O) groups is 5. The highest BCUT2D eigenvalue weighted by Crippen LogP contribution is 2.36. The molecule has 1 unspecified atom stereocenters. The number of rotatable bonds is 12. The molecule has 254 valence electrons. The first-order chi connectivity index (χ1) is 21.6. The minimum Gasteiger partial charge on any atom is -0.508 e. The highest BCUT2D eigenvalue weighted by atomic mass is 16.3. The average Bonchev–Trinajstić information content (AvgIpc) is 3.68. The zero-order valence-corrected chi connectivity index (χ0v) is 28.1. The van der Waals surface area contributed by atoms with E-state index in [9.17, 15) is 29.1 Å². The van der Waals surface area contributed by atoms with Crippen LogP contribution in [0.5, 0.6) is 5.75 Å². The van der Waals surface area contributed by atoms with E-state index in [1.165, 1.54) is 0 Å². The van der Waals surface area contributed by atoms with Crippen LogP contribution in [0.3, 0.4) is 0 Å². The van der Waals surface area contributed by atoms with Gasteiger partial charge in [-0.25, -0.2) is 4.79 Å². The molecule has 3 fully saturated rings. The van der Waals surface area contributed by atoms with E-state index in [2.05, 4.69) is 16.0 Å². The van der Waals surface area contributed by atoms with Crippen LogP contribution < -0.4 is 21.7 Å². The molecule has 0 aromatic heterocycles. The zero-order valence-electron chi connectivity index (χ0n) is 28.1. The Morgan fingerprint density at radius 3 is 2.17 bits per heavy atom. The molecule has 1 aromatic rings. The van der Waals surface area contributed by atoms with Crippen molar-refractivity contribution in [3.05, 3.63) is 29.8 Å². The summed E-state index contributed by atoms with van der Waals surface area (Å²) in [7, 11) is 0.